The molecule has 0 fully saturated rings. The highest BCUT2D eigenvalue weighted by Crippen LogP contribution is 2.30. The zero-order valence-corrected chi connectivity index (χ0v) is 12.4. The van der Waals surface area contributed by atoms with Crippen LogP contribution in [0.4, 0.5) is 5.82 Å². The Hall–Kier alpha value is -1.77. The van der Waals surface area contributed by atoms with Crippen molar-refractivity contribution in [3.05, 3.63) is 12.2 Å². The van der Waals surface area contributed by atoms with Crippen LogP contribution in [-0.2, 0) is 10.3 Å². The fourth-order valence-electron chi connectivity index (χ4n) is 2.29. The molecule has 2 rings (SSSR count). The van der Waals surface area contributed by atoms with Crippen molar-refractivity contribution in [2.24, 2.45) is 0 Å². The number of imidazole rings is 1. The summed E-state index contributed by atoms with van der Waals surface area (Å²) in [6.45, 7) is 5.67. The fourth-order valence-corrected chi connectivity index (χ4v) is 2.29. The molecule has 116 valence electrons. The van der Waals surface area contributed by atoms with E-state index in [0.717, 1.165) is 0 Å². The second-order valence-corrected chi connectivity index (χ2v) is 4.92. The molecule has 0 saturated heterocycles. The second-order valence-electron chi connectivity index (χ2n) is 4.92. The summed E-state index contributed by atoms with van der Waals surface area (Å²) in [5, 5.41) is 21.2. The number of fused-ring (bicyclic) bond motifs is 1. The first-order valence-corrected chi connectivity index (χ1v) is 6.93. The standard InChI is InChI=1S/C13H21N5O3/c1-4-13(20,9(19)7(3)21-5-2)12-17-10(14)8-11(18-12)16-6-15-8/h6-7,9,19-20H,4-5H2,1-3H3,(H3,14,15,16,17,18). The number of aromatic amines is 1. The lowest BCUT2D eigenvalue weighted by Crippen LogP contribution is -2.47. The molecule has 0 spiro atoms. The Balaban J connectivity index is 2.46. The molecule has 0 aliphatic rings. The van der Waals surface area contributed by atoms with E-state index in [1.165, 1.54) is 6.33 Å². The van der Waals surface area contributed by atoms with Crippen LogP contribution in [0, 0.1) is 0 Å². The molecule has 2 heterocycles. The van der Waals surface area contributed by atoms with Crippen LogP contribution in [0.25, 0.3) is 11.2 Å². The van der Waals surface area contributed by atoms with E-state index in [2.05, 4.69) is 19.9 Å². The van der Waals surface area contributed by atoms with E-state index in [9.17, 15) is 10.2 Å². The summed E-state index contributed by atoms with van der Waals surface area (Å²) in [7, 11) is 0. The van der Waals surface area contributed by atoms with Crippen molar-refractivity contribution < 1.29 is 14.9 Å². The monoisotopic (exact) mass is 295 g/mol. The largest absolute Gasteiger partial charge is 0.387 e. The zero-order chi connectivity index (χ0) is 15.6. The minimum Gasteiger partial charge on any atom is -0.387 e. The lowest BCUT2D eigenvalue weighted by molar-refractivity contribution is -0.146. The van der Waals surface area contributed by atoms with Gasteiger partial charge in [-0.3, -0.25) is 0 Å². The van der Waals surface area contributed by atoms with Gasteiger partial charge in [-0.2, -0.15) is 0 Å². The van der Waals surface area contributed by atoms with E-state index in [1.807, 2.05) is 6.92 Å². The number of nitrogens with zero attached hydrogens (tertiary/aromatic N) is 3. The Morgan fingerprint density at radius 3 is 2.76 bits per heavy atom. The predicted molar refractivity (Wildman–Crippen MR) is 77.4 cm³/mol. The van der Waals surface area contributed by atoms with Gasteiger partial charge in [0.05, 0.1) is 12.4 Å². The van der Waals surface area contributed by atoms with Gasteiger partial charge in [0, 0.05) is 6.61 Å². The van der Waals surface area contributed by atoms with Crippen LogP contribution in [0.1, 0.15) is 33.0 Å². The third kappa shape index (κ3) is 2.69. The summed E-state index contributed by atoms with van der Waals surface area (Å²) in [6, 6.07) is 0. The van der Waals surface area contributed by atoms with Crippen molar-refractivity contribution in [1.82, 2.24) is 19.9 Å². The lowest BCUT2D eigenvalue weighted by Gasteiger charge is -2.33. The molecule has 0 radical (unpaired) electrons. The molecule has 0 aromatic carbocycles. The second kappa shape index (κ2) is 5.92. The van der Waals surface area contributed by atoms with Crippen LogP contribution in [0.3, 0.4) is 0 Å². The first kappa shape index (κ1) is 15.6. The molecule has 0 saturated carbocycles. The van der Waals surface area contributed by atoms with Gasteiger partial charge in [-0.25, -0.2) is 15.0 Å². The molecule has 0 bridgehead atoms. The molecule has 0 aliphatic heterocycles. The Kier molecular flexibility index (Phi) is 4.40. The van der Waals surface area contributed by atoms with Crippen molar-refractivity contribution in [1.29, 1.82) is 0 Å². The summed E-state index contributed by atoms with van der Waals surface area (Å²) in [4.78, 5) is 15.2. The number of rotatable bonds is 6. The van der Waals surface area contributed by atoms with Crippen LogP contribution >= 0.6 is 0 Å². The normalized spacial score (nSPS) is 17.6. The average Bonchev–Trinajstić information content (AvgIpc) is 2.94. The fraction of sp³-hybridized carbons (Fsp3) is 0.615. The van der Waals surface area contributed by atoms with E-state index in [4.69, 9.17) is 10.5 Å². The molecule has 21 heavy (non-hydrogen) atoms. The van der Waals surface area contributed by atoms with Gasteiger partial charge in [0.25, 0.3) is 0 Å². The predicted octanol–water partition coefficient (Wildman–Crippen LogP) is 0.319. The van der Waals surface area contributed by atoms with Crippen LogP contribution in [0.15, 0.2) is 6.33 Å². The molecular formula is C13H21N5O3. The maximum atomic E-state index is 10.8. The SMILES string of the molecule is CCOC(C)C(O)C(O)(CC)c1nc(N)c2[nH]cnc2n1. The van der Waals surface area contributed by atoms with Crippen LogP contribution in [-0.4, -0.2) is 49.0 Å². The number of ether oxygens (including phenoxy) is 1. The summed E-state index contributed by atoms with van der Waals surface area (Å²) in [5.74, 6) is 0.219. The minimum absolute atomic E-state index is 0.0427. The Morgan fingerprint density at radius 2 is 2.14 bits per heavy atom. The molecular weight excluding hydrogens is 274 g/mol. The van der Waals surface area contributed by atoms with Gasteiger partial charge in [-0.1, -0.05) is 6.92 Å². The van der Waals surface area contributed by atoms with Gasteiger partial charge in [-0.05, 0) is 20.3 Å². The molecule has 0 aliphatic carbocycles. The highest BCUT2D eigenvalue weighted by molar-refractivity contribution is 5.80. The zero-order valence-electron chi connectivity index (χ0n) is 12.4. The van der Waals surface area contributed by atoms with Gasteiger partial charge in [0.2, 0.25) is 0 Å². The first-order chi connectivity index (χ1) is 9.93. The van der Waals surface area contributed by atoms with Crippen LogP contribution in [0.5, 0.6) is 0 Å². The van der Waals surface area contributed by atoms with Crippen molar-refractivity contribution in [2.45, 2.75) is 45.0 Å². The highest BCUT2D eigenvalue weighted by Gasteiger charge is 2.42. The Morgan fingerprint density at radius 1 is 1.43 bits per heavy atom. The number of nitrogens with one attached hydrogen (secondary N) is 1. The highest BCUT2D eigenvalue weighted by atomic mass is 16.5. The van der Waals surface area contributed by atoms with Crippen LogP contribution < -0.4 is 5.73 Å². The smallest absolute Gasteiger partial charge is 0.183 e. The lowest BCUT2D eigenvalue weighted by atomic mass is 9.89. The number of hydrogen-bond donors (Lipinski definition) is 4. The van der Waals surface area contributed by atoms with Crippen molar-refractivity contribution >= 4 is 17.0 Å². The molecule has 8 nitrogen and oxygen atoms in total. The quantitative estimate of drug-likeness (QED) is 0.603. The van der Waals surface area contributed by atoms with Gasteiger partial charge in [0.15, 0.2) is 22.9 Å². The molecule has 3 unspecified atom stereocenters. The average molecular weight is 295 g/mol. The first-order valence-electron chi connectivity index (χ1n) is 6.93. The molecule has 8 heteroatoms. The molecule has 3 atom stereocenters. The third-order valence-corrected chi connectivity index (χ3v) is 3.60. The van der Waals surface area contributed by atoms with E-state index in [0.29, 0.717) is 17.8 Å². The number of aliphatic hydroxyl groups is 2. The summed E-state index contributed by atoms with van der Waals surface area (Å²) >= 11 is 0. The molecule has 2 aromatic heterocycles. The van der Waals surface area contributed by atoms with E-state index in [-0.39, 0.29) is 18.1 Å². The van der Waals surface area contributed by atoms with Crippen molar-refractivity contribution in [3.63, 3.8) is 0 Å². The molecule has 2 aromatic rings. The molecule has 0 amide bonds. The Bertz CT molecular complexity index is 617. The number of H-pyrrole nitrogens is 1. The summed E-state index contributed by atoms with van der Waals surface area (Å²) < 4.78 is 5.36. The minimum atomic E-state index is -1.66. The summed E-state index contributed by atoms with van der Waals surface area (Å²) in [6.07, 6.45) is -0.0945. The number of nitrogen functional groups attached to an aromatic ring is 1. The summed E-state index contributed by atoms with van der Waals surface area (Å²) in [5.41, 5.74) is 5.04. The maximum Gasteiger partial charge on any atom is 0.183 e. The van der Waals surface area contributed by atoms with Gasteiger partial charge >= 0.3 is 0 Å². The number of nitrogens with two attached hydrogens (primary N) is 1. The van der Waals surface area contributed by atoms with Gasteiger partial charge in [-0.15, -0.1) is 0 Å². The van der Waals surface area contributed by atoms with Gasteiger partial charge < -0.3 is 25.7 Å². The Labute approximate surface area is 122 Å². The maximum absolute atomic E-state index is 10.8. The van der Waals surface area contributed by atoms with E-state index < -0.39 is 17.8 Å². The van der Waals surface area contributed by atoms with Crippen LogP contribution in [0.2, 0.25) is 0 Å². The van der Waals surface area contributed by atoms with E-state index in [1.54, 1.807) is 13.8 Å². The van der Waals surface area contributed by atoms with Crippen molar-refractivity contribution in [2.75, 3.05) is 12.3 Å². The number of aromatic nitrogens is 4. The number of aliphatic hydroxyl groups excluding tert-OH is 1. The van der Waals surface area contributed by atoms with Crippen molar-refractivity contribution in [3.8, 4) is 0 Å². The third-order valence-electron chi connectivity index (χ3n) is 3.60. The number of anilines is 1. The topological polar surface area (TPSA) is 130 Å². The van der Waals surface area contributed by atoms with E-state index >= 15 is 0 Å². The van der Waals surface area contributed by atoms with Gasteiger partial charge in [0.1, 0.15) is 11.6 Å². The number of hydrogen-bond acceptors (Lipinski definition) is 7. The molecule has 5 N–H and O–H groups in total.